The molecule has 3 heteroatoms. The maximum absolute atomic E-state index is 8.30. The highest BCUT2D eigenvalue weighted by Crippen LogP contribution is 2.18. The maximum atomic E-state index is 8.30. The van der Waals surface area contributed by atoms with Crippen molar-refractivity contribution >= 4 is 12.4 Å². The lowest BCUT2D eigenvalue weighted by molar-refractivity contribution is 0.638. The van der Waals surface area contributed by atoms with Crippen LogP contribution >= 0.6 is 12.4 Å². The summed E-state index contributed by atoms with van der Waals surface area (Å²) in [5.41, 5.74) is 0. The van der Waals surface area contributed by atoms with Gasteiger partial charge in [-0.1, -0.05) is 0 Å². The van der Waals surface area contributed by atoms with Gasteiger partial charge < -0.3 is 0 Å². The van der Waals surface area contributed by atoms with E-state index in [0.29, 0.717) is 6.04 Å². The molecule has 0 heterocycles. The predicted molar refractivity (Wildman–Crippen MR) is 38.5 cm³/mol. The number of hydrogen-bond acceptors (Lipinski definition) is 2. The Hall–Kier alpha value is -0.260. The molecule has 0 aromatic heterocycles. The van der Waals surface area contributed by atoms with Crippen LogP contribution in [0.25, 0.3) is 0 Å². The average molecular weight is 147 g/mol. The highest BCUT2D eigenvalue weighted by Gasteiger charge is 2.22. The number of nitrogens with zero attached hydrogens (tertiary/aromatic N) is 1. The van der Waals surface area contributed by atoms with Crippen molar-refractivity contribution in [3.8, 4) is 6.07 Å². The zero-order valence-electron chi connectivity index (χ0n) is 5.42. The van der Waals surface area contributed by atoms with Crippen molar-refractivity contribution < 1.29 is 0 Å². The second kappa shape index (κ2) is 3.71. The van der Waals surface area contributed by atoms with Gasteiger partial charge in [0.25, 0.3) is 0 Å². The number of rotatable bonds is 2. The van der Waals surface area contributed by atoms with E-state index in [0.717, 1.165) is 0 Å². The van der Waals surface area contributed by atoms with E-state index in [1.165, 1.54) is 12.8 Å². The van der Waals surface area contributed by atoms with Gasteiger partial charge in [0.1, 0.15) is 0 Å². The van der Waals surface area contributed by atoms with Crippen molar-refractivity contribution in [1.82, 2.24) is 5.32 Å². The van der Waals surface area contributed by atoms with Crippen molar-refractivity contribution in [2.45, 2.75) is 31.8 Å². The normalized spacial score (nSPS) is 19.6. The van der Waals surface area contributed by atoms with Crippen LogP contribution in [0.1, 0.15) is 19.8 Å². The zero-order chi connectivity index (χ0) is 5.98. The SMILES string of the molecule is CC(C#N)NC1CC1.Cl. The first-order chi connectivity index (χ1) is 3.83. The van der Waals surface area contributed by atoms with Crippen molar-refractivity contribution in [1.29, 1.82) is 5.26 Å². The molecule has 0 radical (unpaired) electrons. The van der Waals surface area contributed by atoms with Gasteiger partial charge in [-0.25, -0.2) is 0 Å². The summed E-state index contributed by atoms with van der Waals surface area (Å²) in [6.45, 7) is 1.89. The molecular formula is C6H11ClN2. The molecule has 1 saturated carbocycles. The number of halogens is 1. The molecule has 0 bridgehead atoms. The van der Waals surface area contributed by atoms with Crippen LogP contribution in [0.2, 0.25) is 0 Å². The Morgan fingerprint density at radius 2 is 2.22 bits per heavy atom. The Kier molecular flexibility index (Phi) is 3.60. The molecule has 0 saturated heterocycles. The lowest BCUT2D eigenvalue weighted by Crippen LogP contribution is -2.25. The van der Waals surface area contributed by atoms with Crippen LogP contribution in [0.3, 0.4) is 0 Å². The molecule has 1 aliphatic rings. The van der Waals surface area contributed by atoms with Gasteiger partial charge in [0, 0.05) is 6.04 Å². The van der Waals surface area contributed by atoms with Crippen LogP contribution in [-0.4, -0.2) is 12.1 Å². The van der Waals surface area contributed by atoms with Gasteiger partial charge in [0.05, 0.1) is 12.1 Å². The largest absolute Gasteiger partial charge is 0.299 e. The maximum Gasteiger partial charge on any atom is 0.0926 e. The molecule has 1 aliphatic carbocycles. The van der Waals surface area contributed by atoms with Gasteiger partial charge in [-0.2, -0.15) is 5.26 Å². The van der Waals surface area contributed by atoms with Crippen molar-refractivity contribution in [3.05, 3.63) is 0 Å². The van der Waals surface area contributed by atoms with Gasteiger partial charge in [0.15, 0.2) is 0 Å². The fraction of sp³-hybridized carbons (Fsp3) is 0.833. The minimum absolute atomic E-state index is 0. The Labute approximate surface area is 61.7 Å². The van der Waals surface area contributed by atoms with E-state index in [1.54, 1.807) is 0 Å². The van der Waals surface area contributed by atoms with E-state index < -0.39 is 0 Å². The molecular weight excluding hydrogens is 136 g/mol. The average Bonchev–Trinajstić information content (AvgIpc) is 2.50. The Bertz CT molecular complexity index is 115. The summed E-state index contributed by atoms with van der Waals surface area (Å²) < 4.78 is 0. The third-order valence-corrected chi connectivity index (χ3v) is 1.26. The third kappa shape index (κ3) is 3.34. The number of nitriles is 1. The third-order valence-electron chi connectivity index (χ3n) is 1.26. The van der Waals surface area contributed by atoms with E-state index >= 15 is 0 Å². The first-order valence-corrected chi connectivity index (χ1v) is 2.98. The lowest BCUT2D eigenvalue weighted by atomic mass is 10.4. The molecule has 1 atom stereocenters. The second-order valence-electron chi connectivity index (χ2n) is 2.29. The summed E-state index contributed by atoms with van der Waals surface area (Å²) in [5, 5.41) is 11.4. The Balaban J connectivity index is 0.000000640. The molecule has 0 amide bonds. The number of nitrogens with one attached hydrogen (secondary N) is 1. The molecule has 1 rings (SSSR count). The molecule has 9 heavy (non-hydrogen) atoms. The summed E-state index contributed by atoms with van der Waals surface area (Å²) in [4.78, 5) is 0. The topological polar surface area (TPSA) is 35.8 Å². The summed E-state index contributed by atoms with van der Waals surface area (Å²) in [7, 11) is 0. The molecule has 0 spiro atoms. The highest BCUT2D eigenvalue weighted by molar-refractivity contribution is 5.85. The smallest absolute Gasteiger partial charge is 0.0926 e. The fourth-order valence-corrected chi connectivity index (χ4v) is 0.641. The molecule has 1 unspecified atom stereocenters. The van der Waals surface area contributed by atoms with E-state index in [9.17, 15) is 0 Å². The Morgan fingerprint density at radius 3 is 2.56 bits per heavy atom. The quantitative estimate of drug-likeness (QED) is 0.633. The first-order valence-electron chi connectivity index (χ1n) is 2.98. The molecule has 1 N–H and O–H groups in total. The van der Waals surface area contributed by atoms with Crippen LogP contribution in [0.4, 0.5) is 0 Å². The summed E-state index contributed by atoms with van der Waals surface area (Å²) in [6.07, 6.45) is 2.51. The van der Waals surface area contributed by atoms with Crippen LogP contribution < -0.4 is 5.32 Å². The summed E-state index contributed by atoms with van der Waals surface area (Å²) >= 11 is 0. The van der Waals surface area contributed by atoms with E-state index in [-0.39, 0.29) is 18.4 Å². The molecule has 52 valence electrons. The van der Waals surface area contributed by atoms with Crippen molar-refractivity contribution in [3.63, 3.8) is 0 Å². The molecule has 0 aromatic rings. The van der Waals surface area contributed by atoms with Crippen LogP contribution in [0.5, 0.6) is 0 Å². The van der Waals surface area contributed by atoms with Crippen LogP contribution in [-0.2, 0) is 0 Å². The standard InChI is InChI=1S/C6H10N2.ClH/c1-5(4-7)8-6-2-3-6;/h5-6,8H,2-3H2,1H3;1H. The molecule has 1 fully saturated rings. The van der Waals surface area contributed by atoms with Gasteiger partial charge >= 0.3 is 0 Å². The monoisotopic (exact) mass is 146 g/mol. The molecule has 0 aromatic carbocycles. The van der Waals surface area contributed by atoms with Gasteiger partial charge in [-0.3, -0.25) is 5.32 Å². The minimum atomic E-state index is 0. The zero-order valence-corrected chi connectivity index (χ0v) is 6.24. The first kappa shape index (κ1) is 8.74. The summed E-state index contributed by atoms with van der Waals surface area (Å²) in [6, 6.07) is 2.83. The van der Waals surface area contributed by atoms with Crippen LogP contribution in [0.15, 0.2) is 0 Å². The molecule has 2 nitrogen and oxygen atoms in total. The lowest BCUT2D eigenvalue weighted by Gasteiger charge is -2.00. The van der Waals surface area contributed by atoms with Gasteiger partial charge in [-0.15, -0.1) is 12.4 Å². The van der Waals surface area contributed by atoms with Gasteiger partial charge in [-0.05, 0) is 19.8 Å². The molecule has 0 aliphatic heterocycles. The summed E-state index contributed by atoms with van der Waals surface area (Å²) in [5.74, 6) is 0. The minimum Gasteiger partial charge on any atom is -0.299 e. The Morgan fingerprint density at radius 1 is 1.67 bits per heavy atom. The van der Waals surface area contributed by atoms with E-state index in [1.807, 2.05) is 6.92 Å². The second-order valence-corrected chi connectivity index (χ2v) is 2.29. The van der Waals surface area contributed by atoms with Crippen molar-refractivity contribution in [2.24, 2.45) is 0 Å². The van der Waals surface area contributed by atoms with Crippen LogP contribution in [0, 0.1) is 11.3 Å². The van der Waals surface area contributed by atoms with Crippen molar-refractivity contribution in [2.75, 3.05) is 0 Å². The predicted octanol–water partition coefficient (Wildman–Crippen LogP) is 1.07. The van der Waals surface area contributed by atoms with E-state index in [2.05, 4.69) is 11.4 Å². The highest BCUT2D eigenvalue weighted by atomic mass is 35.5. The van der Waals surface area contributed by atoms with Gasteiger partial charge in [0.2, 0.25) is 0 Å². The fourth-order valence-electron chi connectivity index (χ4n) is 0.641. The van der Waals surface area contributed by atoms with E-state index in [4.69, 9.17) is 5.26 Å². The number of hydrogen-bond donors (Lipinski definition) is 1.